The van der Waals surface area contributed by atoms with Crippen molar-refractivity contribution in [3.05, 3.63) is 64.7 Å². The van der Waals surface area contributed by atoms with Gasteiger partial charge in [-0.15, -0.1) is 0 Å². The van der Waals surface area contributed by atoms with E-state index in [4.69, 9.17) is 5.26 Å². The quantitative estimate of drug-likeness (QED) is 0.834. The molecule has 1 amide bonds. The fourth-order valence-electron chi connectivity index (χ4n) is 4.56. The van der Waals surface area contributed by atoms with E-state index in [9.17, 15) is 4.79 Å². The fraction of sp³-hybridized carbons (Fsp3) is 0.440. The lowest BCUT2D eigenvalue weighted by atomic mass is 9.95. The van der Waals surface area contributed by atoms with Crippen LogP contribution >= 0.6 is 0 Å². The highest BCUT2D eigenvalue weighted by Gasteiger charge is 2.25. The maximum Gasteiger partial charge on any atom is 0.223 e. The lowest BCUT2D eigenvalue weighted by molar-refractivity contribution is -0.125. The Labute approximate surface area is 179 Å². The van der Waals surface area contributed by atoms with E-state index in [1.807, 2.05) is 24.3 Å². The van der Waals surface area contributed by atoms with Gasteiger partial charge in [0, 0.05) is 50.9 Å². The average Bonchev–Trinajstić information content (AvgIpc) is 2.79. The zero-order valence-electron chi connectivity index (χ0n) is 17.7. The van der Waals surface area contributed by atoms with Crippen LogP contribution in [0.15, 0.2) is 42.5 Å². The molecule has 156 valence electrons. The molecule has 0 atom stereocenters. The molecular weight excluding hydrogens is 372 g/mol. The van der Waals surface area contributed by atoms with Crippen LogP contribution < -0.4 is 10.2 Å². The smallest absolute Gasteiger partial charge is 0.223 e. The van der Waals surface area contributed by atoms with Crippen molar-refractivity contribution in [3.63, 3.8) is 0 Å². The molecule has 1 N–H and O–H groups in total. The summed E-state index contributed by atoms with van der Waals surface area (Å²) in [5.41, 5.74) is 6.05. The first kappa shape index (κ1) is 20.4. The van der Waals surface area contributed by atoms with Gasteiger partial charge < -0.3 is 10.2 Å². The minimum atomic E-state index is 0.102. The topological polar surface area (TPSA) is 59.4 Å². The molecule has 0 bridgehead atoms. The predicted octanol–water partition coefficient (Wildman–Crippen LogP) is 3.26. The van der Waals surface area contributed by atoms with Gasteiger partial charge in [0.05, 0.1) is 11.6 Å². The number of aryl methyl sites for hydroxylation is 1. The van der Waals surface area contributed by atoms with Gasteiger partial charge in [0.15, 0.2) is 0 Å². The Bertz CT molecular complexity index is 923. The van der Waals surface area contributed by atoms with Gasteiger partial charge in [0.25, 0.3) is 0 Å². The summed E-state index contributed by atoms with van der Waals surface area (Å²) >= 11 is 0. The van der Waals surface area contributed by atoms with Crippen molar-refractivity contribution in [2.45, 2.75) is 32.7 Å². The molecule has 4 rings (SSSR count). The Morgan fingerprint density at radius 2 is 1.87 bits per heavy atom. The number of hydrogen-bond acceptors (Lipinski definition) is 4. The number of anilines is 1. The summed E-state index contributed by atoms with van der Waals surface area (Å²) in [5, 5.41) is 12.1. The Balaban J connectivity index is 1.19. The van der Waals surface area contributed by atoms with Crippen molar-refractivity contribution < 1.29 is 4.79 Å². The van der Waals surface area contributed by atoms with Gasteiger partial charge in [-0.2, -0.15) is 5.26 Å². The number of rotatable bonds is 5. The van der Waals surface area contributed by atoms with Gasteiger partial charge >= 0.3 is 0 Å². The predicted molar refractivity (Wildman–Crippen MR) is 119 cm³/mol. The minimum Gasteiger partial charge on any atom is -0.371 e. The summed E-state index contributed by atoms with van der Waals surface area (Å²) in [6, 6.07) is 16.6. The number of carbonyl (C=O) groups is 1. The first-order valence-corrected chi connectivity index (χ1v) is 11.0. The number of fused-ring (bicyclic) bond motifs is 1. The highest BCUT2D eigenvalue weighted by molar-refractivity contribution is 5.79. The molecule has 2 aliphatic rings. The number of piperidine rings is 1. The second-order valence-corrected chi connectivity index (χ2v) is 8.51. The largest absolute Gasteiger partial charge is 0.371 e. The summed E-state index contributed by atoms with van der Waals surface area (Å²) in [6.07, 6.45) is 2.85. The van der Waals surface area contributed by atoms with Crippen LogP contribution in [-0.4, -0.2) is 43.5 Å². The number of nitrogens with zero attached hydrogens (tertiary/aromatic N) is 3. The molecule has 0 spiro atoms. The van der Waals surface area contributed by atoms with Crippen molar-refractivity contribution in [1.82, 2.24) is 10.2 Å². The van der Waals surface area contributed by atoms with Gasteiger partial charge in [-0.05, 0) is 61.6 Å². The van der Waals surface area contributed by atoms with Crippen molar-refractivity contribution in [2.75, 3.05) is 37.6 Å². The molecule has 0 radical (unpaired) electrons. The Morgan fingerprint density at radius 1 is 1.10 bits per heavy atom. The van der Waals surface area contributed by atoms with Gasteiger partial charge in [-0.25, -0.2) is 0 Å². The van der Waals surface area contributed by atoms with E-state index in [0.29, 0.717) is 5.56 Å². The third-order valence-electron chi connectivity index (χ3n) is 6.41. The zero-order chi connectivity index (χ0) is 20.9. The van der Waals surface area contributed by atoms with Crippen molar-refractivity contribution >= 4 is 11.6 Å². The number of hydrogen-bond donors (Lipinski definition) is 1. The SMILES string of the molecule is Cc1ccc2c(c1)CCN(CCNC(=O)C1CCN(c3ccc(C#N)cc3)CC1)C2. The second-order valence-electron chi connectivity index (χ2n) is 8.51. The molecule has 2 aliphatic heterocycles. The van der Waals surface area contributed by atoms with E-state index in [1.54, 1.807) is 0 Å². The molecule has 0 aromatic heterocycles. The van der Waals surface area contributed by atoms with Crippen LogP contribution in [0.1, 0.15) is 35.1 Å². The summed E-state index contributed by atoms with van der Waals surface area (Å²) in [7, 11) is 0. The van der Waals surface area contributed by atoms with Crippen molar-refractivity contribution in [1.29, 1.82) is 5.26 Å². The van der Waals surface area contributed by atoms with Gasteiger partial charge in [0.2, 0.25) is 5.91 Å². The lowest BCUT2D eigenvalue weighted by Gasteiger charge is -2.33. The van der Waals surface area contributed by atoms with Crippen LogP contribution in [0, 0.1) is 24.2 Å². The first-order valence-electron chi connectivity index (χ1n) is 11.0. The fourth-order valence-corrected chi connectivity index (χ4v) is 4.56. The van der Waals surface area contributed by atoms with E-state index >= 15 is 0 Å². The molecule has 30 heavy (non-hydrogen) atoms. The molecule has 5 nitrogen and oxygen atoms in total. The molecule has 2 aromatic carbocycles. The van der Waals surface area contributed by atoms with E-state index < -0.39 is 0 Å². The van der Waals surface area contributed by atoms with Crippen LogP contribution in [-0.2, 0) is 17.8 Å². The summed E-state index contributed by atoms with van der Waals surface area (Å²) in [5.74, 6) is 0.298. The summed E-state index contributed by atoms with van der Waals surface area (Å²) < 4.78 is 0. The molecule has 2 aromatic rings. The van der Waals surface area contributed by atoms with Crippen LogP contribution in [0.5, 0.6) is 0 Å². The minimum absolute atomic E-state index is 0.102. The van der Waals surface area contributed by atoms with Crippen LogP contribution in [0.3, 0.4) is 0 Å². The van der Waals surface area contributed by atoms with Gasteiger partial charge in [0.1, 0.15) is 0 Å². The number of nitriles is 1. The van der Waals surface area contributed by atoms with Crippen LogP contribution in [0.4, 0.5) is 5.69 Å². The monoisotopic (exact) mass is 402 g/mol. The Kier molecular flexibility index (Phi) is 6.35. The molecule has 0 aliphatic carbocycles. The number of amides is 1. The lowest BCUT2D eigenvalue weighted by Crippen LogP contribution is -2.43. The molecule has 1 saturated heterocycles. The van der Waals surface area contributed by atoms with E-state index in [2.05, 4.69) is 46.3 Å². The maximum atomic E-state index is 12.6. The Hall–Kier alpha value is -2.84. The highest BCUT2D eigenvalue weighted by atomic mass is 16.1. The summed E-state index contributed by atoms with van der Waals surface area (Å²) in [6.45, 7) is 7.58. The third-order valence-corrected chi connectivity index (χ3v) is 6.41. The highest BCUT2D eigenvalue weighted by Crippen LogP contribution is 2.24. The third kappa shape index (κ3) is 4.83. The molecule has 2 heterocycles. The number of carbonyl (C=O) groups excluding carboxylic acids is 1. The second kappa shape index (κ2) is 9.32. The molecular formula is C25H30N4O. The zero-order valence-corrected chi connectivity index (χ0v) is 17.7. The average molecular weight is 403 g/mol. The van der Waals surface area contributed by atoms with Crippen LogP contribution in [0.25, 0.3) is 0 Å². The van der Waals surface area contributed by atoms with Crippen molar-refractivity contribution in [3.8, 4) is 6.07 Å². The van der Waals surface area contributed by atoms with Crippen LogP contribution in [0.2, 0.25) is 0 Å². The maximum absolute atomic E-state index is 12.6. The molecule has 0 unspecified atom stereocenters. The standard InChI is InChI=1S/C25H30N4O/c1-19-2-5-23-18-28(12-8-22(23)16-19)15-11-27-25(30)21-9-13-29(14-10-21)24-6-3-20(17-26)4-7-24/h2-7,16,21H,8-15,18H2,1H3,(H,27,30). The van der Waals surface area contributed by atoms with Gasteiger partial charge in [-0.3, -0.25) is 9.69 Å². The van der Waals surface area contributed by atoms with E-state index in [-0.39, 0.29) is 11.8 Å². The van der Waals surface area contributed by atoms with Crippen molar-refractivity contribution in [2.24, 2.45) is 5.92 Å². The summed E-state index contributed by atoms with van der Waals surface area (Å²) in [4.78, 5) is 17.4. The molecule has 5 heteroatoms. The first-order chi connectivity index (χ1) is 14.6. The molecule has 1 fully saturated rings. The van der Waals surface area contributed by atoms with E-state index in [1.165, 1.54) is 16.7 Å². The Morgan fingerprint density at radius 3 is 2.60 bits per heavy atom. The molecule has 0 saturated carbocycles. The van der Waals surface area contributed by atoms with E-state index in [0.717, 1.165) is 64.2 Å². The normalized spacial score (nSPS) is 17.3. The van der Waals surface area contributed by atoms with Gasteiger partial charge in [-0.1, -0.05) is 23.8 Å². The number of nitrogens with one attached hydrogen (secondary N) is 1. The number of benzene rings is 2.